The number of ketones is 1. The van der Waals surface area contributed by atoms with Gasteiger partial charge in [0.25, 0.3) is 0 Å². The minimum atomic E-state index is -4.64. The summed E-state index contributed by atoms with van der Waals surface area (Å²) in [6.07, 6.45) is -5.47. The predicted molar refractivity (Wildman–Crippen MR) is 149 cm³/mol. The lowest BCUT2D eigenvalue weighted by Crippen LogP contribution is -2.40. The first-order chi connectivity index (χ1) is 20.7. The van der Waals surface area contributed by atoms with E-state index >= 15 is 0 Å². The van der Waals surface area contributed by atoms with Crippen LogP contribution in [-0.4, -0.2) is 68.6 Å². The lowest BCUT2D eigenvalue weighted by molar-refractivity contribution is -0.177. The number of hydrogen-bond donors (Lipinski definition) is 1. The Kier molecular flexibility index (Phi) is 8.99. The van der Waals surface area contributed by atoms with E-state index in [4.69, 9.17) is 0 Å². The van der Waals surface area contributed by atoms with Gasteiger partial charge in [-0.3, -0.25) is 14.5 Å². The quantitative estimate of drug-likeness (QED) is 0.230. The van der Waals surface area contributed by atoms with Crippen molar-refractivity contribution in [2.75, 3.05) is 24.5 Å². The highest BCUT2D eigenvalue weighted by atomic mass is 32.1. The second kappa shape index (κ2) is 12.4. The highest BCUT2D eigenvalue weighted by Gasteiger charge is 2.46. The van der Waals surface area contributed by atoms with Crippen LogP contribution in [0.1, 0.15) is 57.2 Å². The number of carbonyl (C=O) groups is 2. The second-order valence-electron chi connectivity index (χ2n) is 11.1. The molecule has 0 amide bonds. The molecule has 0 radical (unpaired) electrons. The van der Waals surface area contributed by atoms with Crippen molar-refractivity contribution >= 4 is 28.9 Å². The molecular weight excluding hydrogens is 612 g/mol. The number of aryl methyl sites for hydroxylation is 1. The topological polar surface area (TPSA) is 99.5 Å². The van der Waals surface area contributed by atoms with Gasteiger partial charge in [0.2, 0.25) is 0 Å². The number of aliphatic carboxylic acids is 1. The second-order valence-corrected chi connectivity index (χ2v) is 12.3. The number of benzene rings is 1. The molecule has 0 unspecified atom stereocenters. The van der Waals surface area contributed by atoms with Gasteiger partial charge in [0, 0.05) is 30.1 Å². The maximum absolute atomic E-state index is 13.7. The number of hydrogen-bond acceptors (Lipinski definition) is 8. The van der Waals surface area contributed by atoms with Gasteiger partial charge in [-0.25, -0.2) is 15.0 Å². The average molecular weight is 642 g/mol. The third-order valence-corrected chi connectivity index (χ3v) is 8.95. The summed E-state index contributed by atoms with van der Waals surface area (Å²) < 4.78 is 81.8. The van der Waals surface area contributed by atoms with E-state index in [2.05, 4.69) is 15.0 Å². The molecule has 3 aromatic rings. The summed E-state index contributed by atoms with van der Waals surface area (Å²) in [4.78, 5) is 40.8. The Balaban J connectivity index is 1.39. The molecule has 8 nitrogen and oxygen atoms in total. The smallest absolute Gasteiger partial charge is 0.416 e. The van der Waals surface area contributed by atoms with Gasteiger partial charge in [0.1, 0.15) is 22.6 Å². The number of alkyl halides is 6. The van der Waals surface area contributed by atoms with Gasteiger partial charge in [0.05, 0.1) is 36.0 Å². The first-order valence-corrected chi connectivity index (χ1v) is 14.8. The number of Topliss-reactive ketones (excluding diaryl/α,β-unsaturated/α-hetero) is 1. The van der Waals surface area contributed by atoms with Gasteiger partial charge in [0.15, 0.2) is 5.78 Å². The van der Waals surface area contributed by atoms with Crippen molar-refractivity contribution in [2.45, 2.75) is 64.0 Å². The average Bonchev–Trinajstić information content (AvgIpc) is 3.59. The lowest BCUT2D eigenvalue weighted by atomic mass is 9.97. The zero-order chi connectivity index (χ0) is 31.8. The Bertz CT molecular complexity index is 1520. The predicted octanol–water partition coefficient (Wildman–Crippen LogP) is 6.18. The third-order valence-electron chi connectivity index (χ3n) is 7.91. The van der Waals surface area contributed by atoms with Crippen molar-refractivity contribution < 1.29 is 41.0 Å². The summed E-state index contributed by atoms with van der Waals surface area (Å²) in [5.41, 5.74) is -0.338. The van der Waals surface area contributed by atoms with E-state index in [1.165, 1.54) is 30.3 Å². The molecule has 0 bridgehead atoms. The van der Waals surface area contributed by atoms with Crippen LogP contribution in [-0.2, 0) is 23.9 Å². The minimum absolute atomic E-state index is 0.0269. The summed E-state index contributed by atoms with van der Waals surface area (Å²) in [6.45, 7) is 2.45. The first kappa shape index (κ1) is 31.8. The van der Waals surface area contributed by atoms with Crippen LogP contribution in [0.4, 0.5) is 32.2 Å². The number of aromatic nitrogens is 3. The molecule has 0 aliphatic carbocycles. The van der Waals surface area contributed by atoms with Crippen LogP contribution in [0, 0.1) is 12.8 Å². The number of piperidine rings is 1. The third kappa shape index (κ3) is 7.20. The highest BCUT2D eigenvalue weighted by Crippen LogP contribution is 2.39. The number of rotatable bonds is 8. The van der Waals surface area contributed by atoms with Crippen LogP contribution in [0.3, 0.4) is 0 Å². The Labute approximate surface area is 252 Å². The van der Waals surface area contributed by atoms with E-state index < -0.39 is 41.6 Å². The van der Waals surface area contributed by atoms with Gasteiger partial charge in [-0.15, -0.1) is 11.3 Å². The van der Waals surface area contributed by atoms with Crippen LogP contribution in [0.2, 0.25) is 0 Å². The maximum Gasteiger partial charge on any atom is 0.416 e. The summed E-state index contributed by atoms with van der Waals surface area (Å²) in [6, 6.07) is 1.73. The van der Waals surface area contributed by atoms with Gasteiger partial charge in [-0.05, 0) is 62.9 Å². The number of carboxylic acid groups (broad SMARTS) is 1. The fourth-order valence-electron chi connectivity index (χ4n) is 5.67. The van der Waals surface area contributed by atoms with E-state index in [1.54, 1.807) is 0 Å². The van der Waals surface area contributed by atoms with Crippen molar-refractivity contribution in [1.29, 1.82) is 0 Å². The van der Waals surface area contributed by atoms with Crippen LogP contribution in [0.5, 0.6) is 0 Å². The lowest BCUT2D eigenvalue weighted by Gasteiger charge is -2.30. The van der Waals surface area contributed by atoms with Crippen LogP contribution < -0.4 is 4.90 Å². The number of thiazole rings is 1. The molecule has 0 spiro atoms. The molecule has 236 valence electrons. The molecule has 4 heterocycles. The summed E-state index contributed by atoms with van der Waals surface area (Å²) in [5, 5.41) is 9.42. The van der Waals surface area contributed by atoms with Gasteiger partial charge in [-0.1, -0.05) is 0 Å². The number of carbonyl (C=O) groups excluding carboxylic acids is 1. The van der Waals surface area contributed by atoms with E-state index in [0.717, 1.165) is 23.5 Å². The zero-order valence-corrected chi connectivity index (χ0v) is 24.4. The Morgan fingerprint density at radius 1 is 1.00 bits per heavy atom. The number of carboxylic acids is 1. The first-order valence-electron chi connectivity index (χ1n) is 14.0. The van der Waals surface area contributed by atoms with E-state index in [-0.39, 0.29) is 47.9 Å². The van der Waals surface area contributed by atoms with E-state index in [9.17, 15) is 41.0 Å². The van der Waals surface area contributed by atoms with Crippen molar-refractivity contribution in [3.8, 4) is 11.3 Å². The molecule has 1 aromatic carbocycles. The molecule has 1 N–H and O–H groups in total. The summed E-state index contributed by atoms with van der Waals surface area (Å²) >= 11 is 0.998. The summed E-state index contributed by atoms with van der Waals surface area (Å²) in [5.74, 6) is -1.23. The van der Waals surface area contributed by atoms with Gasteiger partial charge < -0.3 is 10.0 Å². The summed E-state index contributed by atoms with van der Waals surface area (Å²) in [7, 11) is 0. The molecule has 2 aromatic heterocycles. The van der Waals surface area contributed by atoms with E-state index in [1.807, 2.05) is 4.90 Å². The molecule has 15 heteroatoms. The van der Waals surface area contributed by atoms with E-state index in [0.29, 0.717) is 48.6 Å². The SMILES string of the molecule is Cc1cc(-c2nc(CC(=O)c3cnc(N4CCC(C(=O)O)CC4)cn3)sc2CN2CCC[C@H]2C(F)(F)F)cc(C(F)(F)F)c1. The minimum Gasteiger partial charge on any atom is -0.481 e. The highest BCUT2D eigenvalue weighted by molar-refractivity contribution is 7.12. The molecule has 2 saturated heterocycles. The standard InChI is InChI=1S/C29H29F6N5O3S/c1-16-9-18(11-19(10-16)28(30,31)32)26-22(15-40-6-2-3-23(40)29(33,34)35)44-25(38-26)12-21(41)20-13-37-24(14-36-20)39-7-4-17(5-8-39)27(42)43/h9-11,13-14,17,23H,2-8,12,15H2,1H3,(H,42,43)/t23-/m0/s1. The molecule has 1 atom stereocenters. The number of nitrogens with zero attached hydrogens (tertiary/aromatic N) is 5. The Morgan fingerprint density at radius 2 is 1.73 bits per heavy atom. The van der Waals surface area contributed by atoms with Crippen LogP contribution in [0.25, 0.3) is 11.3 Å². The van der Waals surface area contributed by atoms with Crippen molar-refractivity contribution in [2.24, 2.45) is 5.92 Å². The van der Waals surface area contributed by atoms with Gasteiger partial charge >= 0.3 is 18.3 Å². The van der Waals surface area contributed by atoms with Crippen LogP contribution in [0.15, 0.2) is 30.6 Å². The van der Waals surface area contributed by atoms with Crippen molar-refractivity contribution in [1.82, 2.24) is 19.9 Å². The molecule has 5 rings (SSSR count). The molecule has 0 saturated carbocycles. The van der Waals surface area contributed by atoms with Crippen molar-refractivity contribution in [3.05, 3.63) is 57.3 Å². The number of likely N-dealkylation sites (tertiary alicyclic amines) is 1. The van der Waals surface area contributed by atoms with Crippen molar-refractivity contribution in [3.63, 3.8) is 0 Å². The normalized spacial score (nSPS) is 18.6. The molecule has 2 aliphatic rings. The van der Waals surface area contributed by atoms with Gasteiger partial charge in [-0.2, -0.15) is 26.3 Å². The van der Waals surface area contributed by atoms with Crippen LogP contribution >= 0.6 is 11.3 Å². The number of anilines is 1. The molecule has 44 heavy (non-hydrogen) atoms. The Morgan fingerprint density at radius 3 is 2.34 bits per heavy atom. The molecule has 2 fully saturated rings. The number of halogens is 6. The monoisotopic (exact) mass is 641 g/mol. The maximum atomic E-state index is 13.7. The molecular formula is C29H29F6N5O3S. The largest absolute Gasteiger partial charge is 0.481 e. The molecule has 2 aliphatic heterocycles. The Hall–Kier alpha value is -3.59. The zero-order valence-electron chi connectivity index (χ0n) is 23.6. The fourth-order valence-corrected chi connectivity index (χ4v) is 6.79. The fraction of sp³-hybridized carbons (Fsp3) is 0.483.